The maximum absolute atomic E-state index is 5.55. The van der Waals surface area contributed by atoms with Gasteiger partial charge in [0.2, 0.25) is 5.52 Å². The molecule has 1 aliphatic heterocycles. The Morgan fingerprint density at radius 3 is 2.68 bits per heavy atom. The van der Waals surface area contributed by atoms with Gasteiger partial charge in [0, 0.05) is 36.0 Å². The molecule has 28 heavy (non-hydrogen) atoms. The number of para-hydroxylation sites is 1. The molecule has 0 bridgehead atoms. The first-order chi connectivity index (χ1) is 13.3. The van der Waals surface area contributed by atoms with E-state index in [-0.39, 0.29) is 11.4 Å². The first-order valence-corrected chi connectivity index (χ1v) is 10.2. The van der Waals surface area contributed by atoms with Crippen LogP contribution in [0.5, 0.6) is 0 Å². The van der Waals surface area contributed by atoms with Crippen molar-refractivity contribution in [3.8, 4) is 0 Å². The summed E-state index contributed by atoms with van der Waals surface area (Å²) >= 11 is 1.83. The average molecular weight is 394 g/mol. The molecule has 1 aliphatic rings. The molecule has 5 nitrogen and oxygen atoms in total. The number of guanidine groups is 1. The Kier molecular flexibility index (Phi) is 4.38. The molecule has 5 N–H and O–H groups in total. The Morgan fingerprint density at radius 1 is 1.21 bits per heavy atom. The number of hydrogen-bond donors (Lipinski definition) is 3. The Balaban J connectivity index is 1.78. The fraction of sp³-hybridized carbons (Fsp3) is 0.273. The summed E-state index contributed by atoms with van der Waals surface area (Å²) in [6.45, 7) is 5.20. The van der Waals surface area contributed by atoms with Crippen LogP contribution >= 0.6 is 11.3 Å². The van der Waals surface area contributed by atoms with E-state index in [1.807, 2.05) is 11.3 Å². The lowest BCUT2D eigenvalue weighted by molar-refractivity contribution is -0.642. The van der Waals surface area contributed by atoms with Crippen molar-refractivity contribution in [2.75, 3.05) is 11.9 Å². The summed E-state index contributed by atoms with van der Waals surface area (Å²) in [4.78, 5) is 5.31. The van der Waals surface area contributed by atoms with Gasteiger partial charge in [-0.15, -0.1) is 0 Å². The summed E-state index contributed by atoms with van der Waals surface area (Å²) in [7, 11) is 4.29. The van der Waals surface area contributed by atoms with Crippen molar-refractivity contribution in [1.82, 2.24) is 0 Å². The van der Waals surface area contributed by atoms with Crippen LogP contribution in [0.2, 0.25) is 0 Å². The van der Waals surface area contributed by atoms with E-state index >= 15 is 0 Å². The normalized spacial score (nSPS) is 16.6. The van der Waals surface area contributed by atoms with Crippen LogP contribution in [0.4, 0.5) is 5.69 Å². The minimum absolute atomic E-state index is 0.0960. The molecule has 3 aromatic rings. The molecule has 0 unspecified atom stereocenters. The third-order valence-corrected chi connectivity index (χ3v) is 6.79. The molecule has 6 heteroatoms. The van der Waals surface area contributed by atoms with Crippen LogP contribution in [-0.2, 0) is 19.0 Å². The standard InChI is InChI=1S/C22H26N5S/c1-22(2)15-11-14(13-25-21(23)24)9-10-16(15)26(3)19(22)12-20-27(4)17-7-5-6-8-18(17)28-20/h5-12H,13H2,1-4H3,(H4,23,24,25)/q+1/p+1. The number of benzene rings is 2. The number of rotatable bonds is 3. The molecule has 0 atom stereocenters. The van der Waals surface area contributed by atoms with Crippen LogP contribution in [0.3, 0.4) is 0 Å². The monoisotopic (exact) mass is 393 g/mol. The number of aryl methyl sites for hydroxylation is 1. The lowest BCUT2D eigenvalue weighted by Crippen LogP contribution is -2.76. The molecule has 0 saturated carbocycles. The minimum Gasteiger partial charge on any atom is -0.347 e. The van der Waals surface area contributed by atoms with Gasteiger partial charge >= 0.3 is 5.96 Å². The third kappa shape index (κ3) is 2.94. The molecular formula is C22H27N5S+2. The van der Waals surface area contributed by atoms with Crippen molar-refractivity contribution in [1.29, 1.82) is 0 Å². The van der Waals surface area contributed by atoms with Crippen LogP contribution in [0.25, 0.3) is 16.3 Å². The number of fused-ring (bicyclic) bond motifs is 2. The summed E-state index contributed by atoms with van der Waals surface area (Å²) in [5.41, 5.74) is 17.3. The van der Waals surface area contributed by atoms with Gasteiger partial charge in [-0.3, -0.25) is 16.5 Å². The van der Waals surface area contributed by atoms with Gasteiger partial charge < -0.3 is 4.90 Å². The second kappa shape index (κ2) is 6.63. The molecule has 0 fully saturated rings. The first kappa shape index (κ1) is 18.5. The van der Waals surface area contributed by atoms with E-state index < -0.39 is 0 Å². The van der Waals surface area contributed by atoms with Gasteiger partial charge in [-0.2, -0.15) is 4.57 Å². The molecule has 1 aromatic heterocycles. The highest BCUT2D eigenvalue weighted by Gasteiger charge is 2.39. The molecule has 144 valence electrons. The molecule has 0 aliphatic carbocycles. The maximum Gasteiger partial charge on any atom is 0.339 e. The van der Waals surface area contributed by atoms with Crippen LogP contribution < -0.4 is 25.9 Å². The molecule has 0 spiro atoms. The number of thiazole rings is 1. The summed E-state index contributed by atoms with van der Waals surface area (Å²) in [5, 5.41) is 1.25. The average Bonchev–Trinajstić information content (AvgIpc) is 3.08. The van der Waals surface area contributed by atoms with E-state index in [4.69, 9.17) is 11.5 Å². The van der Waals surface area contributed by atoms with Crippen molar-refractivity contribution in [3.05, 3.63) is 64.3 Å². The SMILES string of the molecule is CN1C(=Cc2sc3ccccc3[n+]2C)C(C)(C)c2cc(C[NH+]=C(N)N)ccc21. The third-order valence-electron chi connectivity index (χ3n) is 5.63. The number of nitrogens with one attached hydrogen (secondary N) is 1. The van der Waals surface area contributed by atoms with E-state index in [2.05, 4.69) is 90.9 Å². The largest absolute Gasteiger partial charge is 0.347 e. The summed E-state index contributed by atoms with van der Waals surface area (Å²) < 4.78 is 3.58. The molecule has 0 saturated heterocycles. The van der Waals surface area contributed by atoms with Gasteiger partial charge in [0.05, 0.1) is 6.54 Å². The molecule has 0 amide bonds. The summed E-state index contributed by atoms with van der Waals surface area (Å²) in [6, 6.07) is 15.1. The van der Waals surface area contributed by atoms with Gasteiger partial charge in [-0.05, 0) is 29.3 Å². The topological polar surface area (TPSA) is 73.1 Å². The smallest absolute Gasteiger partial charge is 0.339 e. The van der Waals surface area contributed by atoms with Crippen LogP contribution in [0.1, 0.15) is 30.0 Å². The molecule has 0 radical (unpaired) electrons. The zero-order chi connectivity index (χ0) is 20.1. The lowest BCUT2D eigenvalue weighted by Gasteiger charge is -2.23. The van der Waals surface area contributed by atoms with Crippen LogP contribution in [0.15, 0.2) is 48.2 Å². The van der Waals surface area contributed by atoms with Crippen molar-refractivity contribution in [2.45, 2.75) is 25.8 Å². The Labute approximate surface area is 169 Å². The summed E-state index contributed by atoms with van der Waals surface area (Å²) in [6.07, 6.45) is 2.33. The molecule has 2 aromatic carbocycles. The second-order valence-electron chi connectivity index (χ2n) is 7.84. The number of nitrogens with zero attached hydrogens (tertiary/aromatic N) is 2. The zero-order valence-electron chi connectivity index (χ0n) is 16.8. The predicted octanol–water partition coefficient (Wildman–Crippen LogP) is 1.35. The van der Waals surface area contributed by atoms with E-state index in [9.17, 15) is 0 Å². The van der Waals surface area contributed by atoms with E-state index in [1.54, 1.807) is 0 Å². The quantitative estimate of drug-likeness (QED) is 0.357. The van der Waals surface area contributed by atoms with Crippen molar-refractivity contribution in [2.24, 2.45) is 18.5 Å². The predicted molar refractivity (Wildman–Crippen MR) is 117 cm³/mol. The van der Waals surface area contributed by atoms with Gasteiger partial charge in [0.25, 0.3) is 5.01 Å². The van der Waals surface area contributed by atoms with Crippen molar-refractivity contribution < 1.29 is 9.56 Å². The van der Waals surface area contributed by atoms with Crippen molar-refractivity contribution in [3.63, 3.8) is 0 Å². The Hall–Kier alpha value is -2.86. The fourth-order valence-corrected chi connectivity index (χ4v) is 5.11. The Bertz CT molecular complexity index is 1120. The highest BCUT2D eigenvalue weighted by molar-refractivity contribution is 7.18. The number of likely N-dealkylation sites (N-methyl/N-ethyl adjacent to an activating group) is 1. The molecule has 2 heterocycles. The van der Waals surface area contributed by atoms with Gasteiger partial charge in [-0.25, -0.2) is 0 Å². The highest BCUT2D eigenvalue weighted by Crippen LogP contribution is 2.47. The van der Waals surface area contributed by atoms with Gasteiger partial charge in [0.1, 0.15) is 11.7 Å². The lowest BCUT2D eigenvalue weighted by atomic mass is 9.83. The summed E-state index contributed by atoms with van der Waals surface area (Å²) in [5.74, 6) is 0.245. The number of hydrogen-bond acceptors (Lipinski definition) is 2. The van der Waals surface area contributed by atoms with E-state index in [0.29, 0.717) is 6.54 Å². The zero-order valence-corrected chi connectivity index (χ0v) is 17.6. The van der Waals surface area contributed by atoms with Crippen LogP contribution in [0, 0.1) is 0 Å². The second-order valence-corrected chi connectivity index (χ2v) is 8.90. The number of anilines is 1. The van der Waals surface area contributed by atoms with E-state index in [1.165, 1.54) is 37.7 Å². The molecular weight excluding hydrogens is 366 g/mol. The number of aromatic nitrogens is 1. The van der Waals surface area contributed by atoms with E-state index in [0.717, 1.165) is 0 Å². The Morgan fingerprint density at radius 2 is 1.96 bits per heavy atom. The minimum atomic E-state index is -0.0960. The molecule has 4 rings (SSSR count). The van der Waals surface area contributed by atoms with Gasteiger partial charge in [-0.1, -0.05) is 43.4 Å². The first-order valence-electron chi connectivity index (χ1n) is 9.37. The fourth-order valence-electron chi connectivity index (χ4n) is 4.02. The highest BCUT2D eigenvalue weighted by atomic mass is 32.1. The maximum atomic E-state index is 5.55. The van der Waals surface area contributed by atoms with Gasteiger partial charge in [0.15, 0.2) is 0 Å². The van der Waals surface area contributed by atoms with Crippen LogP contribution in [-0.4, -0.2) is 13.0 Å². The number of nitrogens with two attached hydrogens (primary N) is 2. The van der Waals surface area contributed by atoms with Crippen molar-refractivity contribution >= 4 is 39.3 Å². The number of allylic oxidation sites excluding steroid dienone is 1.